The van der Waals surface area contributed by atoms with Gasteiger partial charge in [-0.3, -0.25) is 4.79 Å². The van der Waals surface area contributed by atoms with Crippen LogP contribution in [0.25, 0.3) is 0 Å². The Morgan fingerprint density at radius 3 is 2.43 bits per heavy atom. The van der Waals surface area contributed by atoms with Gasteiger partial charge in [-0.15, -0.1) is 0 Å². The van der Waals surface area contributed by atoms with Gasteiger partial charge in [-0.25, -0.2) is 4.98 Å². The number of hydrogen-bond donors (Lipinski definition) is 0. The van der Waals surface area contributed by atoms with Crippen molar-refractivity contribution in [3.8, 4) is 11.5 Å². The summed E-state index contributed by atoms with van der Waals surface area (Å²) in [5.74, 6) is 0.412. The Morgan fingerprint density at radius 2 is 1.86 bits per heavy atom. The number of carbonyl (C=O) groups is 1. The number of piperidine rings is 1. The van der Waals surface area contributed by atoms with Crippen molar-refractivity contribution in [3.63, 3.8) is 0 Å². The lowest BCUT2D eigenvalue weighted by Gasteiger charge is -2.32. The summed E-state index contributed by atoms with van der Waals surface area (Å²) in [5.41, 5.74) is -0.892. The van der Waals surface area contributed by atoms with Crippen LogP contribution in [0.15, 0.2) is 36.5 Å². The predicted octanol–water partition coefficient (Wildman–Crippen LogP) is 4.58. The Hall–Kier alpha value is -2.48. The zero-order valence-electron chi connectivity index (χ0n) is 15.0. The molecule has 5 nitrogen and oxygen atoms in total. The van der Waals surface area contributed by atoms with Crippen LogP contribution in [0.4, 0.5) is 19.0 Å². The number of hydrogen-bond acceptors (Lipinski definition) is 5. The second-order valence-electron chi connectivity index (χ2n) is 6.36. The first-order chi connectivity index (χ1) is 13.3. The number of esters is 1. The monoisotopic (exact) mass is 414 g/mol. The Morgan fingerprint density at radius 1 is 1.21 bits per heavy atom. The molecule has 1 aliphatic rings. The van der Waals surface area contributed by atoms with E-state index >= 15 is 0 Å². The van der Waals surface area contributed by atoms with Crippen LogP contribution < -0.4 is 14.4 Å². The molecule has 1 saturated heterocycles. The van der Waals surface area contributed by atoms with Crippen LogP contribution in [0.3, 0.4) is 0 Å². The number of rotatable bonds is 4. The largest absolute Gasteiger partial charge is 0.493 e. The summed E-state index contributed by atoms with van der Waals surface area (Å²) in [6.45, 7) is 0.869. The number of anilines is 1. The van der Waals surface area contributed by atoms with E-state index in [4.69, 9.17) is 21.1 Å². The number of ether oxygens (including phenoxy) is 2. The molecule has 1 aromatic carbocycles. The fourth-order valence-electron chi connectivity index (χ4n) is 3.04. The molecule has 2 aromatic rings. The molecule has 2 heterocycles. The van der Waals surface area contributed by atoms with Crippen molar-refractivity contribution in [3.05, 3.63) is 47.1 Å². The first-order valence-electron chi connectivity index (χ1n) is 8.62. The van der Waals surface area contributed by atoms with Gasteiger partial charge >= 0.3 is 12.1 Å². The van der Waals surface area contributed by atoms with Crippen LogP contribution in [0.5, 0.6) is 11.5 Å². The molecule has 0 spiro atoms. The highest BCUT2D eigenvalue weighted by Crippen LogP contribution is 2.35. The van der Waals surface area contributed by atoms with E-state index in [1.54, 1.807) is 29.2 Å². The van der Waals surface area contributed by atoms with E-state index in [0.717, 1.165) is 12.3 Å². The molecular formula is C19H18ClF3N2O3. The van der Waals surface area contributed by atoms with E-state index in [1.165, 1.54) is 7.11 Å². The minimum absolute atomic E-state index is 0.0649. The van der Waals surface area contributed by atoms with Crippen LogP contribution >= 0.6 is 11.6 Å². The maximum absolute atomic E-state index is 12.7. The minimum Gasteiger partial charge on any atom is -0.493 e. The topological polar surface area (TPSA) is 51.7 Å². The molecule has 0 radical (unpaired) electrons. The smallest absolute Gasteiger partial charge is 0.417 e. The SMILES string of the molecule is COc1ccccc1OC(=O)C1CCN(c2ncc(C(F)(F)F)cc2Cl)CC1. The highest BCUT2D eigenvalue weighted by molar-refractivity contribution is 6.33. The molecule has 0 amide bonds. The van der Waals surface area contributed by atoms with E-state index in [9.17, 15) is 18.0 Å². The van der Waals surface area contributed by atoms with Crippen LogP contribution in [0.1, 0.15) is 18.4 Å². The van der Waals surface area contributed by atoms with E-state index in [-0.39, 0.29) is 22.7 Å². The maximum atomic E-state index is 12.7. The van der Waals surface area contributed by atoms with Gasteiger partial charge in [0.25, 0.3) is 0 Å². The lowest BCUT2D eigenvalue weighted by molar-refractivity contribution is -0.140. The van der Waals surface area contributed by atoms with Gasteiger partial charge in [-0.05, 0) is 31.0 Å². The highest BCUT2D eigenvalue weighted by Gasteiger charge is 2.33. The van der Waals surface area contributed by atoms with Crippen molar-refractivity contribution < 1.29 is 27.4 Å². The van der Waals surface area contributed by atoms with Gasteiger partial charge in [0.15, 0.2) is 11.5 Å². The molecule has 0 bridgehead atoms. The van der Waals surface area contributed by atoms with E-state index in [0.29, 0.717) is 37.4 Å². The van der Waals surface area contributed by atoms with Gasteiger partial charge in [-0.2, -0.15) is 13.2 Å². The number of benzene rings is 1. The van der Waals surface area contributed by atoms with Crippen LogP contribution in [-0.2, 0) is 11.0 Å². The van der Waals surface area contributed by atoms with Crippen LogP contribution in [0.2, 0.25) is 5.02 Å². The van der Waals surface area contributed by atoms with Gasteiger partial charge < -0.3 is 14.4 Å². The van der Waals surface area contributed by atoms with E-state index in [2.05, 4.69) is 4.98 Å². The molecule has 28 heavy (non-hydrogen) atoms. The summed E-state index contributed by atoms with van der Waals surface area (Å²) >= 11 is 6.00. The number of carbonyl (C=O) groups excluding carboxylic acids is 1. The molecule has 0 aliphatic carbocycles. The lowest BCUT2D eigenvalue weighted by Crippen LogP contribution is -2.38. The third-order valence-corrected chi connectivity index (χ3v) is 4.83. The van der Waals surface area contributed by atoms with Crippen molar-refractivity contribution in [1.29, 1.82) is 0 Å². The van der Waals surface area contributed by atoms with Crippen LogP contribution in [0, 0.1) is 5.92 Å². The number of nitrogens with zero attached hydrogens (tertiary/aromatic N) is 2. The predicted molar refractivity (Wildman–Crippen MR) is 97.8 cm³/mol. The Balaban J connectivity index is 1.62. The van der Waals surface area contributed by atoms with Crippen molar-refractivity contribution in [2.24, 2.45) is 5.92 Å². The molecule has 1 aromatic heterocycles. The fraction of sp³-hybridized carbons (Fsp3) is 0.368. The molecule has 1 fully saturated rings. The van der Waals surface area contributed by atoms with Gasteiger partial charge in [0.2, 0.25) is 0 Å². The average Bonchev–Trinajstić information content (AvgIpc) is 2.68. The third-order valence-electron chi connectivity index (χ3n) is 4.56. The summed E-state index contributed by atoms with van der Waals surface area (Å²) < 4.78 is 48.8. The molecular weight excluding hydrogens is 397 g/mol. The van der Waals surface area contributed by atoms with Gasteiger partial charge in [0.1, 0.15) is 5.82 Å². The Labute approximate surface area is 165 Å². The van der Waals surface area contributed by atoms with Gasteiger partial charge in [0, 0.05) is 19.3 Å². The molecule has 0 N–H and O–H groups in total. The summed E-state index contributed by atoms with van der Waals surface area (Å²) in [7, 11) is 1.49. The van der Waals surface area contributed by atoms with E-state index < -0.39 is 11.7 Å². The molecule has 150 valence electrons. The van der Waals surface area contributed by atoms with Gasteiger partial charge in [-0.1, -0.05) is 23.7 Å². The standard InChI is InChI=1S/C19H18ClF3N2O3/c1-27-15-4-2-3-5-16(15)28-18(26)12-6-8-25(9-7-12)17-14(20)10-13(11-24-17)19(21,22)23/h2-5,10-12H,6-9H2,1H3. The second kappa shape index (κ2) is 8.26. The minimum atomic E-state index is -4.50. The zero-order valence-corrected chi connectivity index (χ0v) is 15.8. The quantitative estimate of drug-likeness (QED) is 0.541. The van der Waals surface area contributed by atoms with Crippen molar-refractivity contribution in [2.45, 2.75) is 19.0 Å². The molecule has 0 unspecified atom stereocenters. The summed E-state index contributed by atoms with van der Waals surface area (Å²) in [5, 5.41) is -0.0649. The third kappa shape index (κ3) is 4.49. The van der Waals surface area contributed by atoms with Crippen LogP contribution in [-0.4, -0.2) is 31.2 Å². The summed E-state index contributed by atoms with van der Waals surface area (Å²) in [6.07, 6.45) is -2.77. The Bertz CT molecular complexity index is 853. The number of para-hydroxylation sites is 2. The lowest BCUT2D eigenvalue weighted by atomic mass is 9.97. The van der Waals surface area contributed by atoms with Crippen molar-refractivity contribution in [2.75, 3.05) is 25.1 Å². The summed E-state index contributed by atoms with van der Waals surface area (Å²) in [4.78, 5) is 18.1. The molecule has 0 saturated carbocycles. The fourth-order valence-corrected chi connectivity index (χ4v) is 3.33. The number of aromatic nitrogens is 1. The van der Waals surface area contributed by atoms with E-state index in [1.807, 2.05) is 0 Å². The van der Waals surface area contributed by atoms with Crippen molar-refractivity contribution >= 4 is 23.4 Å². The van der Waals surface area contributed by atoms with Gasteiger partial charge in [0.05, 0.1) is 23.6 Å². The molecule has 0 atom stereocenters. The molecule has 3 rings (SSSR count). The number of alkyl halides is 3. The zero-order chi connectivity index (χ0) is 20.3. The molecule has 1 aliphatic heterocycles. The normalized spacial score (nSPS) is 15.4. The molecule has 9 heteroatoms. The first kappa shape index (κ1) is 20.3. The first-order valence-corrected chi connectivity index (χ1v) is 9.00. The number of methoxy groups -OCH3 is 1. The maximum Gasteiger partial charge on any atom is 0.417 e. The number of halogens is 4. The second-order valence-corrected chi connectivity index (χ2v) is 6.77. The average molecular weight is 415 g/mol. The van der Waals surface area contributed by atoms with Crippen molar-refractivity contribution in [1.82, 2.24) is 4.98 Å². The summed E-state index contributed by atoms with van der Waals surface area (Å²) in [6, 6.07) is 7.73. The highest BCUT2D eigenvalue weighted by atomic mass is 35.5. The number of pyridine rings is 1. The Kier molecular flexibility index (Phi) is 5.98.